The lowest BCUT2D eigenvalue weighted by Crippen LogP contribution is -2.13. The van der Waals surface area contributed by atoms with Gasteiger partial charge < -0.3 is 10.6 Å². The summed E-state index contributed by atoms with van der Waals surface area (Å²) < 4.78 is 0. The van der Waals surface area contributed by atoms with E-state index in [-0.39, 0.29) is 0 Å². The highest BCUT2D eigenvalue weighted by atomic mass is 15.2. The summed E-state index contributed by atoms with van der Waals surface area (Å²) in [7, 11) is 0. The fourth-order valence-corrected chi connectivity index (χ4v) is 2.34. The van der Waals surface area contributed by atoms with Gasteiger partial charge in [-0.25, -0.2) is 0 Å². The Balaban J connectivity index is 2.02. The van der Waals surface area contributed by atoms with Gasteiger partial charge in [-0.2, -0.15) is 15.0 Å². The zero-order chi connectivity index (χ0) is 17.0. The Kier molecular flexibility index (Phi) is 8.01. The second-order valence-corrected chi connectivity index (χ2v) is 5.95. The lowest BCUT2D eigenvalue weighted by atomic mass is 10.1. The Hall–Kier alpha value is -2.17. The molecular weight excluding hydrogens is 298 g/mol. The van der Waals surface area contributed by atoms with E-state index in [4.69, 9.17) is 0 Å². The number of aryl methyl sites for hydroxylation is 2. The van der Waals surface area contributed by atoms with Crippen LogP contribution in [0.25, 0.3) is 0 Å². The molecule has 0 atom stereocenters. The van der Waals surface area contributed by atoms with Gasteiger partial charge in [0.05, 0.1) is 0 Å². The van der Waals surface area contributed by atoms with Crippen LogP contribution in [0, 0.1) is 0 Å². The van der Waals surface area contributed by atoms with Crippen LogP contribution in [-0.4, -0.2) is 28.0 Å². The summed E-state index contributed by atoms with van der Waals surface area (Å²) in [4.78, 5) is 13.6. The quantitative estimate of drug-likeness (QED) is 0.609. The topological polar surface area (TPSA) is 62.7 Å². The molecule has 0 aliphatic carbocycles. The van der Waals surface area contributed by atoms with Crippen molar-refractivity contribution in [2.75, 3.05) is 23.7 Å². The zero-order valence-electron chi connectivity index (χ0n) is 14.9. The highest BCUT2D eigenvalue weighted by molar-refractivity contribution is 5.34. The molecule has 2 aromatic rings. The summed E-state index contributed by atoms with van der Waals surface area (Å²) in [6, 6.07) is 10.5. The highest BCUT2D eigenvalue weighted by Crippen LogP contribution is 2.10. The molecular formula is C19H29N5. The summed E-state index contributed by atoms with van der Waals surface area (Å²) in [5, 5.41) is 6.63. The van der Waals surface area contributed by atoms with E-state index in [0.29, 0.717) is 11.9 Å². The third-order valence-corrected chi connectivity index (χ3v) is 3.79. The predicted octanol–water partition coefficient (Wildman–Crippen LogP) is 4.08. The number of unbranched alkanes of at least 4 members (excludes halogenated alkanes) is 2. The Bertz CT molecular complexity index is 557. The van der Waals surface area contributed by atoms with Crippen LogP contribution in [0.3, 0.4) is 0 Å². The van der Waals surface area contributed by atoms with E-state index in [1.807, 2.05) is 6.07 Å². The second kappa shape index (κ2) is 10.6. The van der Waals surface area contributed by atoms with Gasteiger partial charge in [-0.05, 0) is 24.8 Å². The van der Waals surface area contributed by atoms with Gasteiger partial charge in [-0.15, -0.1) is 0 Å². The smallest absolute Gasteiger partial charge is 0.227 e. The maximum Gasteiger partial charge on any atom is 0.227 e. The Morgan fingerprint density at radius 3 is 1.88 bits per heavy atom. The molecule has 5 nitrogen and oxygen atoms in total. The van der Waals surface area contributed by atoms with E-state index in [2.05, 4.69) is 63.7 Å². The minimum Gasteiger partial charge on any atom is -0.354 e. The molecule has 0 aliphatic heterocycles. The van der Waals surface area contributed by atoms with E-state index in [1.54, 1.807) is 0 Å². The van der Waals surface area contributed by atoms with E-state index in [0.717, 1.165) is 57.4 Å². The second-order valence-electron chi connectivity index (χ2n) is 5.95. The summed E-state index contributed by atoms with van der Waals surface area (Å²) >= 11 is 0. The normalized spacial score (nSPS) is 10.6. The monoisotopic (exact) mass is 327 g/mol. The molecule has 0 saturated heterocycles. The van der Waals surface area contributed by atoms with Gasteiger partial charge in [-0.3, -0.25) is 0 Å². The van der Waals surface area contributed by atoms with Crippen LogP contribution in [0.4, 0.5) is 11.9 Å². The summed E-state index contributed by atoms with van der Waals surface area (Å²) in [5.74, 6) is 2.20. The lowest BCUT2D eigenvalue weighted by Gasteiger charge is -2.10. The molecule has 2 N–H and O–H groups in total. The van der Waals surface area contributed by atoms with Crippen molar-refractivity contribution in [2.45, 2.75) is 52.4 Å². The highest BCUT2D eigenvalue weighted by Gasteiger charge is 2.06. The fourth-order valence-electron chi connectivity index (χ4n) is 2.34. The van der Waals surface area contributed by atoms with Crippen LogP contribution in [0.1, 0.15) is 50.9 Å². The number of nitrogens with zero attached hydrogens (tertiary/aromatic N) is 3. The van der Waals surface area contributed by atoms with Gasteiger partial charge >= 0.3 is 0 Å². The molecule has 24 heavy (non-hydrogen) atoms. The average molecular weight is 327 g/mol. The Labute approximate surface area is 145 Å². The van der Waals surface area contributed by atoms with Gasteiger partial charge in [0.2, 0.25) is 11.9 Å². The van der Waals surface area contributed by atoms with E-state index < -0.39 is 0 Å². The standard InChI is InChI=1S/C19H29N5/c1-3-5-14-20-18-22-17(13-12-16-10-8-7-9-11-16)23-19(24-18)21-15-6-4-2/h7-11H,3-6,12-15H2,1-2H3,(H2,20,21,22,23,24). The predicted molar refractivity (Wildman–Crippen MR) is 100 cm³/mol. The van der Waals surface area contributed by atoms with Gasteiger partial charge in [0.25, 0.3) is 0 Å². The Morgan fingerprint density at radius 2 is 1.33 bits per heavy atom. The third-order valence-electron chi connectivity index (χ3n) is 3.79. The molecule has 0 unspecified atom stereocenters. The first kappa shape index (κ1) is 18.2. The van der Waals surface area contributed by atoms with Crippen LogP contribution in [0.15, 0.2) is 30.3 Å². The molecule has 5 heteroatoms. The molecule has 1 aromatic carbocycles. The summed E-state index contributed by atoms with van der Waals surface area (Å²) in [5.41, 5.74) is 1.30. The van der Waals surface area contributed by atoms with Gasteiger partial charge in [0.1, 0.15) is 5.82 Å². The Morgan fingerprint density at radius 1 is 0.750 bits per heavy atom. The number of hydrogen-bond donors (Lipinski definition) is 2. The minimum absolute atomic E-state index is 0.681. The van der Waals surface area contributed by atoms with Crippen molar-refractivity contribution >= 4 is 11.9 Å². The number of anilines is 2. The minimum atomic E-state index is 0.681. The number of benzene rings is 1. The van der Waals surface area contributed by atoms with Crippen LogP contribution in [0.2, 0.25) is 0 Å². The van der Waals surface area contributed by atoms with Crippen LogP contribution in [0.5, 0.6) is 0 Å². The zero-order valence-corrected chi connectivity index (χ0v) is 14.9. The first-order chi connectivity index (χ1) is 11.8. The van der Waals surface area contributed by atoms with Gasteiger partial charge in [0, 0.05) is 19.5 Å². The summed E-state index contributed by atoms with van der Waals surface area (Å²) in [6.07, 6.45) is 6.29. The summed E-state index contributed by atoms with van der Waals surface area (Å²) in [6.45, 7) is 6.15. The van der Waals surface area contributed by atoms with E-state index in [9.17, 15) is 0 Å². The van der Waals surface area contributed by atoms with Crippen LogP contribution in [-0.2, 0) is 12.8 Å². The van der Waals surface area contributed by atoms with Gasteiger partial charge in [-0.1, -0.05) is 57.0 Å². The van der Waals surface area contributed by atoms with Crippen molar-refractivity contribution in [2.24, 2.45) is 0 Å². The molecule has 0 bridgehead atoms. The van der Waals surface area contributed by atoms with E-state index in [1.165, 1.54) is 5.56 Å². The number of rotatable bonds is 11. The molecule has 0 amide bonds. The van der Waals surface area contributed by atoms with Crippen molar-refractivity contribution in [1.29, 1.82) is 0 Å². The van der Waals surface area contributed by atoms with Crippen LogP contribution >= 0.6 is 0 Å². The van der Waals surface area contributed by atoms with Crippen molar-refractivity contribution in [3.8, 4) is 0 Å². The van der Waals surface area contributed by atoms with Crippen molar-refractivity contribution < 1.29 is 0 Å². The molecule has 0 aliphatic rings. The maximum absolute atomic E-state index is 4.58. The van der Waals surface area contributed by atoms with Crippen molar-refractivity contribution in [3.05, 3.63) is 41.7 Å². The van der Waals surface area contributed by atoms with Gasteiger partial charge in [0.15, 0.2) is 0 Å². The molecule has 1 aromatic heterocycles. The largest absolute Gasteiger partial charge is 0.354 e. The molecule has 0 saturated carbocycles. The molecule has 0 spiro atoms. The van der Waals surface area contributed by atoms with Crippen LogP contribution < -0.4 is 10.6 Å². The molecule has 1 heterocycles. The first-order valence-electron chi connectivity index (χ1n) is 9.08. The average Bonchev–Trinajstić information content (AvgIpc) is 2.61. The maximum atomic E-state index is 4.58. The fraction of sp³-hybridized carbons (Fsp3) is 0.526. The molecule has 0 fully saturated rings. The third kappa shape index (κ3) is 6.52. The SMILES string of the molecule is CCCCNc1nc(CCc2ccccc2)nc(NCCCC)n1. The number of nitrogens with one attached hydrogen (secondary N) is 2. The van der Waals surface area contributed by atoms with Crippen molar-refractivity contribution in [3.63, 3.8) is 0 Å². The lowest BCUT2D eigenvalue weighted by molar-refractivity contribution is 0.793. The molecule has 0 radical (unpaired) electrons. The first-order valence-corrected chi connectivity index (χ1v) is 9.08. The number of aromatic nitrogens is 3. The molecule has 130 valence electrons. The number of hydrogen-bond acceptors (Lipinski definition) is 5. The van der Waals surface area contributed by atoms with E-state index >= 15 is 0 Å². The van der Waals surface area contributed by atoms with Crippen molar-refractivity contribution in [1.82, 2.24) is 15.0 Å². The molecule has 2 rings (SSSR count).